The molecular weight excluding hydrogens is 719 g/mol. The Morgan fingerprint density at radius 1 is 0.545 bits per heavy atom. The Balaban J connectivity index is 4.27. The van der Waals surface area contributed by atoms with Crippen molar-refractivity contribution >= 4 is 19.8 Å². The first kappa shape index (κ1) is 53.5. The summed E-state index contributed by atoms with van der Waals surface area (Å²) in [5.41, 5.74) is 0. The van der Waals surface area contributed by atoms with E-state index in [1.807, 2.05) is 0 Å². The second-order valence-corrected chi connectivity index (χ2v) is 16.5. The molecule has 0 amide bonds. The van der Waals surface area contributed by atoms with Gasteiger partial charge in [-0.15, -0.1) is 0 Å². The second-order valence-electron chi connectivity index (χ2n) is 15.1. The summed E-state index contributed by atoms with van der Waals surface area (Å²) < 4.78 is 32.7. The maximum atomic E-state index is 12.6. The van der Waals surface area contributed by atoms with E-state index in [1.54, 1.807) is 0 Å². The molecule has 3 N–H and O–H groups in total. The lowest BCUT2D eigenvalue weighted by atomic mass is 10.0. The summed E-state index contributed by atoms with van der Waals surface area (Å²) in [5.74, 6) is -0.926. The van der Waals surface area contributed by atoms with Crippen molar-refractivity contribution in [1.29, 1.82) is 0 Å². The molecule has 0 aromatic rings. The van der Waals surface area contributed by atoms with Crippen LogP contribution in [0.3, 0.4) is 0 Å². The molecule has 324 valence electrons. The van der Waals surface area contributed by atoms with Gasteiger partial charge >= 0.3 is 19.8 Å². The van der Waals surface area contributed by atoms with Crippen molar-refractivity contribution in [3.8, 4) is 0 Å². The Kier molecular flexibility index (Phi) is 39.5. The minimum atomic E-state index is -4.62. The third-order valence-corrected chi connectivity index (χ3v) is 10.6. The largest absolute Gasteiger partial charge is 0.472 e. The van der Waals surface area contributed by atoms with Gasteiger partial charge in [-0.05, 0) is 44.9 Å². The Bertz CT molecular complexity index is 972. The highest BCUT2D eigenvalue weighted by atomic mass is 31.2. The minimum absolute atomic E-state index is 0.178. The summed E-state index contributed by atoms with van der Waals surface area (Å²) in [7, 11) is -4.62. The van der Waals surface area contributed by atoms with Crippen molar-refractivity contribution in [2.24, 2.45) is 0 Å². The zero-order valence-corrected chi connectivity index (χ0v) is 36.0. The predicted molar refractivity (Wildman–Crippen MR) is 224 cm³/mol. The van der Waals surface area contributed by atoms with E-state index in [9.17, 15) is 24.2 Å². The Morgan fingerprint density at radius 2 is 0.945 bits per heavy atom. The lowest BCUT2D eigenvalue weighted by Crippen LogP contribution is -2.29. The first-order valence-electron chi connectivity index (χ1n) is 22.3. The summed E-state index contributed by atoms with van der Waals surface area (Å²) in [6, 6.07) is 0. The van der Waals surface area contributed by atoms with Gasteiger partial charge in [0.05, 0.1) is 19.8 Å². The number of aliphatic hydroxyl groups excluding tert-OH is 2. The Morgan fingerprint density at radius 3 is 1.42 bits per heavy atom. The highest BCUT2D eigenvalue weighted by Crippen LogP contribution is 2.43. The van der Waals surface area contributed by atoms with Crippen LogP contribution in [0.5, 0.6) is 0 Å². The van der Waals surface area contributed by atoms with Crippen LogP contribution >= 0.6 is 7.82 Å². The molecule has 3 unspecified atom stereocenters. The summed E-state index contributed by atoms with van der Waals surface area (Å²) in [4.78, 5) is 35.0. The first-order valence-corrected chi connectivity index (χ1v) is 23.8. The minimum Gasteiger partial charge on any atom is -0.462 e. The standard InChI is InChI=1S/C44H83O10P/c1-3-5-7-9-11-13-15-17-19-20-21-22-24-26-28-30-32-34-36-44(48)54-42(40-53-55(49,50)52-38-41(46)37-45)39-51-43(47)35-33-31-29-27-25-23-18-16-14-12-10-8-6-4-2/h13,15,19-20,41-42,45-46H,3-12,14,16-18,21-40H2,1-2H3,(H,49,50)/b15-13-,20-19-. The molecule has 0 spiro atoms. The molecule has 3 atom stereocenters. The molecule has 10 nitrogen and oxygen atoms in total. The van der Waals surface area contributed by atoms with Crippen molar-refractivity contribution in [1.82, 2.24) is 0 Å². The van der Waals surface area contributed by atoms with E-state index >= 15 is 0 Å². The number of esters is 2. The quantitative estimate of drug-likeness (QED) is 0.0236. The van der Waals surface area contributed by atoms with E-state index in [0.717, 1.165) is 51.4 Å². The summed E-state index contributed by atoms with van der Waals surface area (Å²) in [6.07, 6.45) is 39.9. The van der Waals surface area contributed by atoms with Gasteiger partial charge in [-0.1, -0.05) is 173 Å². The van der Waals surface area contributed by atoms with Crippen LogP contribution in [-0.4, -0.2) is 65.7 Å². The number of phosphoric acid groups is 1. The molecule has 0 aliphatic rings. The summed E-state index contributed by atoms with van der Waals surface area (Å²) in [5, 5.41) is 18.3. The van der Waals surface area contributed by atoms with Gasteiger partial charge in [0.2, 0.25) is 0 Å². The number of hydrogen-bond donors (Lipinski definition) is 3. The number of ether oxygens (including phenoxy) is 2. The number of rotatable bonds is 42. The van der Waals surface area contributed by atoms with E-state index in [4.69, 9.17) is 23.6 Å². The van der Waals surface area contributed by atoms with E-state index in [1.165, 1.54) is 116 Å². The number of hydrogen-bond acceptors (Lipinski definition) is 9. The van der Waals surface area contributed by atoms with Crippen molar-refractivity contribution < 1.29 is 47.8 Å². The van der Waals surface area contributed by atoms with Crippen LogP contribution in [0.15, 0.2) is 24.3 Å². The van der Waals surface area contributed by atoms with Gasteiger partial charge in [0, 0.05) is 12.8 Å². The Labute approximate surface area is 336 Å². The number of aliphatic hydroxyl groups is 2. The third kappa shape index (κ3) is 40.4. The number of carbonyl (C=O) groups excluding carboxylic acids is 2. The zero-order valence-electron chi connectivity index (χ0n) is 35.2. The fourth-order valence-corrected chi connectivity index (χ4v) is 6.93. The number of carbonyl (C=O) groups is 2. The molecule has 0 saturated heterocycles. The van der Waals surface area contributed by atoms with Crippen LogP contribution in [0.2, 0.25) is 0 Å². The van der Waals surface area contributed by atoms with Gasteiger partial charge in [0.15, 0.2) is 6.10 Å². The highest BCUT2D eigenvalue weighted by molar-refractivity contribution is 7.47. The molecule has 11 heteroatoms. The van der Waals surface area contributed by atoms with Crippen molar-refractivity contribution in [2.45, 2.75) is 219 Å². The van der Waals surface area contributed by atoms with Gasteiger partial charge in [-0.2, -0.15) is 0 Å². The molecule has 0 aromatic heterocycles. The molecule has 0 saturated carbocycles. The van der Waals surface area contributed by atoms with E-state index < -0.39 is 51.8 Å². The van der Waals surface area contributed by atoms with Crippen LogP contribution < -0.4 is 0 Å². The van der Waals surface area contributed by atoms with Crippen LogP contribution in [-0.2, 0) is 32.7 Å². The fourth-order valence-electron chi connectivity index (χ4n) is 6.14. The summed E-state index contributed by atoms with van der Waals surface area (Å²) in [6.45, 7) is 2.37. The van der Waals surface area contributed by atoms with Gasteiger partial charge in [-0.25, -0.2) is 4.57 Å². The van der Waals surface area contributed by atoms with Gasteiger partial charge < -0.3 is 24.6 Å². The zero-order chi connectivity index (χ0) is 40.5. The van der Waals surface area contributed by atoms with Crippen molar-refractivity contribution in [3.63, 3.8) is 0 Å². The average molecular weight is 803 g/mol. The van der Waals surface area contributed by atoms with E-state index in [-0.39, 0.29) is 19.4 Å². The topological polar surface area (TPSA) is 149 Å². The summed E-state index contributed by atoms with van der Waals surface area (Å²) >= 11 is 0. The van der Waals surface area contributed by atoms with Crippen molar-refractivity contribution in [2.75, 3.05) is 26.4 Å². The third-order valence-electron chi connectivity index (χ3n) is 9.61. The van der Waals surface area contributed by atoms with E-state index in [2.05, 4.69) is 38.2 Å². The molecule has 0 aliphatic carbocycles. The molecule has 0 bridgehead atoms. The molecule has 0 fully saturated rings. The molecule has 0 rings (SSSR count). The van der Waals surface area contributed by atoms with Gasteiger partial charge in [-0.3, -0.25) is 18.6 Å². The average Bonchev–Trinajstić information content (AvgIpc) is 3.17. The second kappa shape index (κ2) is 40.6. The molecule has 0 radical (unpaired) electrons. The van der Waals surface area contributed by atoms with Gasteiger partial charge in [0.25, 0.3) is 0 Å². The lowest BCUT2D eigenvalue weighted by Gasteiger charge is -2.20. The van der Waals surface area contributed by atoms with Gasteiger partial charge in [0.1, 0.15) is 12.7 Å². The first-order chi connectivity index (χ1) is 26.7. The molecule has 0 aliphatic heterocycles. The maximum Gasteiger partial charge on any atom is 0.472 e. The smallest absolute Gasteiger partial charge is 0.462 e. The fraction of sp³-hybridized carbons (Fsp3) is 0.864. The normalized spacial score (nSPS) is 14.1. The Hall–Kier alpha value is -1.55. The van der Waals surface area contributed by atoms with Crippen LogP contribution in [0.25, 0.3) is 0 Å². The lowest BCUT2D eigenvalue weighted by molar-refractivity contribution is -0.161. The maximum absolute atomic E-state index is 12.6. The van der Waals surface area contributed by atoms with Crippen LogP contribution in [0.4, 0.5) is 0 Å². The monoisotopic (exact) mass is 803 g/mol. The van der Waals surface area contributed by atoms with Crippen molar-refractivity contribution in [3.05, 3.63) is 24.3 Å². The highest BCUT2D eigenvalue weighted by Gasteiger charge is 2.27. The molecular formula is C44H83O10P. The predicted octanol–water partition coefficient (Wildman–Crippen LogP) is 11.8. The molecule has 55 heavy (non-hydrogen) atoms. The number of phosphoric ester groups is 1. The number of allylic oxidation sites excluding steroid dienone is 4. The van der Waals surface area contributed by atoms with E-state index in [0.29, 0.717) is 12.8 Å². The SMILES string of the molecule is CCCCCC/C=C\C/C=C\CCCCCCCCCC(=O)OC(COC(=O)CCCCCCCCCCCCCCCC)COP(=O)(O)OCC(O)CO. The van der Waals surface area contributed by atoms with Crippen LogP contribution in [0.1, 0.15) is 206 Å². The molecule has 0 heterocycles. The number of unbranched alkanes of at least 4 members (excludes halogenated alkanes) is 24. The molecule has 0 aromatic carbocycles. The van der Waals surface area contributed by atoms with Crippen LogP contribution in [0, 0.1) is 0 Å².